The molecule has 18 heteroatoms. The fraction of sp³-hybridized carbons (Fsp3) is 0.481. The van der Waals surface area contributed by atoms with Crippen molar-refractivity contribution in [3.05, 3.63) is 29.8 Å². The molecule has 0 spiro atoms. The average Bonchev–Trinajstić information content (AvgIpc) is 2.94. The van der Waals surface area contributed by atoms with Crippen LogP contribution in [0.4, 0.5) is 0 Å². The fourth-order valence-electron chi connectivity index (χ4n) is 3.94. The molecule has 0 aromatic heterocycles. The van der Waals surface area contributed by atoms with Crippen molar-refractivity contribution in [3.8, 4) is 5.75 Å². The van der Waals surface area contributed by atoms with Crippen molar-refractivity contribution in [1.82, 2.24) is 21.3 Å². The highest BCUT2D eigenvalue weighted by Gasteiger charge is 2.34. The van der Waals surface area contributed by atoms with E-state index in [-0.39, 0.29) is 12.2 Å². The highest BCUT2D eigenvalue weighted by molar-refractivity contribution is 5.98. The number of hydrogen-bond acceptors (Lipinski definition) is 10. The summed E-state index contributed by atoms with van der Waals surface area (Å²) >= 11 is 0. The smallest absolute Gasteiger partial charge is 0.326 e. The van der Waals surface area contributed by atoms with Gasteiger partial charge in [-0.15, -0.1) is 0 Å². The molecule has 0 saturated carbocycles. The molecular formula is C27H39N7O11. The first-order valence-electron chi connectivity index (χ1n) is 13.7. The van der Waals surface area contributed by atoms with Crippen LogP contribution in [0.5, 0.6) is 5.75 Å². The van der Waals surface area contributed by atoms with Crippen LogP contribution >= 0.6 is 0 Å². The van der Waals surface area contributed by atoms with Crippen LogP contribution in [0.2, 0.25) is 0 Å². The summed E-state index contributed by atoms with van der Waals surface area (Å²) in [5, 5.41) is 37.0. The summed E-state index contributed by atoms with van der Waals surface area (Å²) in [5.74, 6) is -9.75. The molecule has 1 aromatic rings. The van der Waals surface area contributed by atoms with Crippen LogP contribution in [-0.4, -0.2) is 92.9 Å². The lowest BCUT2D eigenvalue weighted by Gasteiger charge is -2.28. The largest absolute Gasteiger partial charge is 0.508 e. The molecule has 18 nitrogen and oxygen atoms in total. The Morgan fingerprint density at radius 3 is 1.69 bits per heavy atom. The molecule has 248 valence electrons. The van der Waals surface area contributed by atoms with E-state index < -0.39 is 103 Å². The van der Waals surface area contributed by atoms with Crippen LogP contribution in [0.3, 0.4) is 0 Å². The average molecular weight is 638 g/mol. The number of nitrogens with two attached hydrogens (primary N) is 3. The summed E-state index contributed by atoms with van der Waals surface area (Å²) in [6, 6.07) is -2.31. The van der Waals surface area contributed by atoms with Gasteiger partial charge in [-0.25, -0.2) is 4.79 Å². The summed E-state index contributed by atoms with van der Waals surface area (Å²) in [7, 11) is 0. The number of benzene rings is 1. The number of nitrogens with one attached hydrogen (secondary N) is 4. The van der Waals surface area contributed by atoms with E-state index in [1.54, 1.807) is 13.8 Å². The van der Waals surface area contributed by atoms with Crippen molar-refractivity contribution >= 4 is 47.4 Å². The SMILES string of the molecule is CC[C@H](C)[C@H](NC(=O)[C@H](CC(N)=O)NC(=O)[C@H](Cc1ccc(O)cc1)NC(=O)[C@@H](N)CC(=O)O)C(=O)N[C@@H](CC(N)=O)C(=O)O. The minimum Gasteiger partial charge on any atom is -0.508 e. The molecular weight excluding hydrogens is 598 g/mol. The number of amides is 6. The molecule has 13 N–H and O–H groups in total. The quantitative estimate of drug-likeness (QED) is 0.0708. The van der Waals surface area contributed by atoms with Gasteiger partial charge in [-0.05, 0) is 23.6 Å². The molecule has 0 radical (unpaired) electrons. The maximum atomic E-state index is 13.4. The normalized spacial score (nSPS) is 14.7. The Morgan fingerprint density at radius 1 is 0.711 bits per heavy atom. The lowest BCUT2D eigenvalue weighted by atomic mass is 9.97. The molecule has 0 aliphatic heterocycles. The predicted molar refractivity (Wildman–Crippen MR) is 154 cm³/mol. The van der Waals surface area contributed by atoms with Gasteiger partial charge in [0.25, 0.3) is 0 Å². The van der Waals surface area contributed by atoms with E-state index >= 15 is 0 Å². The van der Waals surface area contributed by atoms with Crippen molar-refractivity contribution in [2.75, 3.05) is 0 Å². The maximum Gasteiger partial charge on any atom is 0.326 e. The zero-order valence-electron chi connectivity index (χ0n) is 24.6. The molecule has 0 bridgehead atoms. The lowest BCUT2D eigenvalue weighted by molar-refractivity contribution is -0.144. The number of carboxylic acid groups (broad SMARTS) is 2. The van der Waals surface area contributed by atoms with Gasteiger partial charge in [-0.3, -0.25) is 33.6 Å². The van der Waals surface area contributed by atoms with Crippen LogP contribution < -0.4 is 38.5 Å². The van der Waals surface area contributed by atoms with Crippen molar-refractivity contribution < 1.29 is 53.7 Å². The Balaban J connectivity index is 3.29. The van der Waals surface area contributed by atoms with Gasteiger partial charge in [0.1, 0.15) is 29.9 Å². The number of phenolic OH excluding ortho intramolecular Hbond substituents is 1. The van der Waals surface area contributed by atoms with Crippen molar-refractivity contribution in [2.45, 2.75) is 76.2 Å². The minimum atomic E-state index is -1.70. The first kappa shape index (κ1) is 37.8. The molecule has 1 rings (SSSR count). The van der Waals surface area contributed by atoms with Gasteiger partial charge < -0.3 is 53.8 Å². The summed E-state index contributed by atoms with van der Waals surface area (Å²) in [4.78, 5) is 97.8. The van der Waals surface area contributed by atoms with E-state index in [1.165, 1.54) is 24.3 Å². The van der Waals surface area contributed by atoms with Gasteiger partial charge in [-0.2, -0.15) is 0 Å². The number of hydrogen-bond donors (Lipinski definition) is 10. The highest BCUT2D eigenvalue weighted by Crippen LogP contribution is 2.13. The molecule has 0 heterocycles. The third-order valence-corrected chi connectivity index (χ3v) is 6.59. The second kappa shape index (κ2) is 17.8. The number of primary amides is 2. The Morgan fingerprint density at radius 2 is 1.20 bits per heavy atom. The summed E-state index contributed by atoms with van der Waals surface area (Å²) in [5.41, 5.74) is 16.4. The number of carboxylic acids is 2. The third-order valence-electron chi connectivity index (χ3n) is 6.59. The lowest BCUT2D eigenvalue weighted by Crippen LogP contribution is -2.60. The zero-order chi connectivity index (χ0) is 34.4. The van der Waals surface area contributed by atoms with Gasteiger partial charge >= 0.3 is 11.9 Å². The van der Waals surface area contributed by atoms with Gasteiger partial charge in [0.2, 0.25) is 35.4 Å². The van der Waals surface area contributed by atoms with E-state index in [0.717, 1.165) is 0 Å². The van der Waals surface area contributed by atoms with E-state index in [1.807, 2.05) is 0 Å². The fourth-order valence-corrected chi connectivity index (χ4v) is 3.94. The predicted octanol–water partition coefficient (Wildman–Crippen LogP) is -3.44. The van der Waals surface area contributed by atoms with Crippen molar-refractivity contribution in [3.63, 3.8) is 0 Å². The molecule has 0 aliphatic rings. The third kappa shape index (κ3) is 13.3. The Hall–Kier alpha value is -5.26. The number of carbonyl (C=O) groups is 8. The molecule has 6 amide bonds. The van der Waals surface area contributed by atoms with E-state index in [0.29, 0.717) is 12.0 Å². The monoisotopic (exact) mass is 637 g/mol. The first-order chi connectivity index (χ1) is 20.9. The Kier molecular flexibility index (Phi) is 14.9. The molecule has 0 fully saturated rings. The van der Waals surface area contributed by atoms with Gasteiger partial charge in [0.15, 0.2) is 0 Å². The highest BCUT2D eigenvalue weighted by atomic mass is 16.4. The summed E-state index contributed by atoms with van der Waals surface area (Å²) in [6.45, 7) is 3.23. The molecule has 45 heavy (non-hydrogen) atoms. The molecule has 0 aliphatic carbocycles. The van der Waals surface area contributed by atoms with Crippen LogP contribution in [0.15, 0.2) is 24.3 Å². The van der Waals surface area contributed by atoms with E-state index in [9.17, 15) is 48.6 Å². The topological polar surface area (TPSA) is 323 Å². The molecule has 1 aromatic carbocycles. The Bertz CT molecular complexity index is 1270. The number of phenols is 1. The second-order valence-electron chi connectivity index (χ2n) is 10.3. The van der Waals surface area contributed by atoms with Crippen LogP contribution in [0, 0.1) is 5.92 Å². The van der Waals surface area contributed by atoms with E-state index in [2.05, 4.69) is 21.3 Å². The van der Waals surface area contributed by atoms with E-state index in [4.69, 9.17) is 22.3 Å². The maximum absolute atomic E-state index is 13.4. The van der Waals surface area contributed by atoms with Gasteiger partial charge in [0, 0.05) is 6.42 Å². The Labute approximate surface area is 257 Å². The van der Waals surface area contributed by atoms with Crippen molar-refractivity contribution in [2.24, 2.45) is 23.1 Å². The summed E-state index contributed by atoms with van der Waals surface area (Å²) in [6.07, 6.45) is -2.17. The number of aromatic hydroxyl groups is 1. The molecule has 0 saturated heterocycles. The molecule has 6 atom stereocenters. The standard InChI is InChI=1S/C27H39N7O11/c1-3-12(2)22(26(43)33-18(27(44)45)11-20(30)37)34-25(42)17(10-19(29)36)32-24(41)16(8-13-4-6-14(35)7-5-13)31-23(40)15(28)9-21(38)39/h4-7,12,15-18,22,35H,3,8-11,28H2,1-2H3,(H2,29,36)(H2,30,37)(H,31,40)(H,32,41)(H,33,43)(H,34,42)(H,38,39)(H,44,45)/t12-,15-,16-,17-,18-,22-/m0/s1. The molecule has 0 unspecified atom stereocenters. The van der Waals surface area contributed by atoms with Gasteiger partial charge in [0.05, 0.1) is 25.3 Å². The first-order valence-corrected chi connectivity index (χ1v) is 13.7. The van der Waals surface area contributed by atoms with Crippen LogP contribution in [0.25, 0.3) is 0 Å². The van der Waals surface area contributed by atoms with Crippen molar-refractivity contribution in [1.29, 1.82) is 0 Å². The number of carbonyl (C=O) groups excluding carboxylic acids is 6. The van der Waals surface area contributed by atoms with Crippen LogP contribution in [-0.2, 0) is 44.8 Å². The summed E-state index contributed by atoms with van der Waals surface area (Å²) < 4.78 is 0. The number of aliphatic carboxylic acids is 2. The van der Waals surface area contributed by atoms with Gasteiger partial charge in [-0.1, -0.05) is 32.4 Å². The zero-order valence-corrected chi connectivity index (χ0v) is 24.6. The van der Waals surface area contributed by atoms with Crippen LogP contribution in [0.1, 0.15) is 45.1 Å². The minimum absolute atomic E-state index is 0.0883. The number of rotatable bonds is 19. The second-order valence-corrected chi connectivity index (χ2v) is 10.3.